The molecule has 0 saturated carbocycles. The lowest BCUT2D eigenvalue weighted by Gasteiger charge is -2.31. The number of amides is 1. The summed E-state index contributed by atoms with van der Waals surface area (Å²) in [6.45, 7) is 1.09. The highest BCUT2D eigenvalue weighted by Crippen LogP contribution is 2.32. The topological polar surface area (TPSA) is 113 Å². The highest BCUT2D eigenvalue weighted by Gasteiger charge is 2.34. The van der Waals surface area contributed by atoms with Crippen LogP contribution in [0.1, 0.15) is 32.1 Å². The number of carbonyl (C=O) groups excluding carboxylic acids is 1. The van der Waals surface area contributed by atoms with Gasteiger partial charge in [-0.25, -0.2) is 21.2 Å². The van der Waals surface area contributed by atoms with Crippen molar-refractivity contribution < 1.29 is 30.8 Å². The molecular weight excluding hydrogens is 509 g/mol. The Morgan fingerprint density at radius 1 is 0.917 bits per heavy atom. The van der Waals surface area contributed by atoms with E-state index in [0.717, 1.165) is 31.4 Å². The molecule has 1 atom stereocenters. The molecule has 2 saturated heterocycles. The molecule has 1 amide bonds. The van der Waals surface area contributed by atoms with E-state index >= 15 is 0 Å². The Bertz CT molecular complexity index is 1310. The van der Waals surface area contributed by atoms with Crippen molar-refractivity contribution in [3.63, 3.8) is 0 Å². The van der Waals surface area contributed by atoms with E-state index in [-0.39, 0.29) is 34.3 Å². The van der Waals surface area contributed by atoms with Gasteiger partial charge in [-0.3, -0.25) is 4.79 Å². The van der Waals surface area contributed by atoms with Gasteiger partial charge in [0.1, 0.15) is 16.5 Å². The van der Waals surface area contributed by atoms with Gasteiger partial charge in [-0.1, -0.05) is 6.42 Å². The Labute approximate surface area is 211 Å². The van der Waals surface area contributed by atoms with Crippen LogP contribution >= 0.6 is 0 Å². The first-order chi connectivity index (χ1) is 17.1. The molecule has 2 heterocycles. The summed E-state index contributed by atoms with van der Waals surface area (Å²) in [5.74, 6) is -1.38. The number of sulfonamides is 2. The molecular formula is C24H30FN3O6S2. The first kappa shape index (κ1) is 26.5. The van der Waals surface area contributed by atoms with Gasteiger partial charge in [0.05, 0.1) is 17.9 Å². The monoisotopic (exact) mass is 539 g/mol. The average molecular weight is 540 g/mol. The van der Waals surface area contributed by atoms with Crippen LogP contribution in [0.2, 0.25) is 0 Å². The van der Waals surface area contributed by atoms with Crippen LogP contribution in [0.4, 0.5) is 10.1 Å². The van der Waals surface area contributed by atoms with Crippen molar-refractivity contribution in [3.05, 3.63) is 48.3 Å². The van der Waals surface area contributed by atoms with E-state index in [9.17, 15) is 26.0 Å². The molecule has 0 unspecified atom stereocenters. The molecule has 0 radical (unpaired) electrons. The molecule has 2 aliphatic heterocycles. The third-order valence-corrected chi connectivity index (χ3v) is 10.4. The second-order valence-corrected chi connectivity index (χ2v) is 12.8. The van der Waals surface area contributed by atoms with Crippen molar-refractivity contribution in [2.45, 2.75) is 41.9 Å². The zero-order valence-corrected chi connectivity index (χ0v) is 21.7. The number of hydrogen-bond acceptors (Lipinski definition) is 6. The number of halogens is 1. The third kappa shape index (κ3) is 5.56. The summed E-state index contributed by atoms with van der Waals surface area (Å²) in [6, 6.07) is 9.02. The van der Waals surface area contributed by atoms with Crippen LogP contribution in [0.25, 0.3) is 0 Å². The molecule has 2 aromatic rings. The zero-order chi connectivity index (χ0) is 25.9. The summed E-state index contributed by atoms with van der Waals surface area (Å²) in [6.07, 6.45) is 3.52. The Hall–Kier alpha value is -2.54. The number of ether oxygens (including phenoxy) is 1. The second-order valence-electron chi connectivity index (χ2n) is 8.98. The van der Waals surface area contributed by atoms with Crippen LogP contribution in [0, 0.1) is 11.7 Å². The number of carbonyl (C=O) groups is 1. The highest BCUT2D eigenvalue weighted by atomic mass is 32.2. The SMILES string of the molecule is COc1ccc(NC(=O)[C@H]2CCCN(S(=O)(=O)c3ccc(F)cc3)C2)cc1S(=O)(=O)N1CCCCC1. The lowest BCUT2D eigenvalue weighted by molar-refractivity contribution is -0.120. The van der Waals surface area contributed by atoms with Gasteiger partial charge in [-0.05, 0) is 68.1 Å². The van der Waals surface area contributed by atoms with Gasteiger partial charge in [-0.15, -0.1) is 0 Å². The fraction of sp³-hybridized carbons (Fsp3) is 0.458. The van der Waals surface area contributed by atoms with E-state index in [0.29, 0.717) is 25.9 Å². The summed E-state index contributed by atoms with van der Waals surface area (Å²) in [5, 5.41) is 2.75. The maximum absolute atomic E-state index is 13.3. The van der Waals surface area contributed by atoms with Crippen molar-refractivity contribution >= 4 is 31.6 Å². The van der Waals surface area contributed by atoms with Gasteiger partial charge in [-0.2, -0.15) is 8.61 Å². The fourth-order valence-electron chi connectivity index (χ4n) is 4.58. The lowest BCUT2D eigenvalue weighted by Crippen LogP contribution is -2.43. The lowest BCUT2D eigenvalue weighted by atomic mass is 9.98. The number of nitrogens with zero attached hydrogens (tertiary/aromatic N) is 2. The molecule has 0 spiro atoms. The first-order valence-electron chi connectivity index (χ1n) is 11.9. The van der Waals surface area contributed by atoms with Gasteiger partial charge in [0.15, 0.2) is 0 Å². The minimum absolute atomic E-state index is 0.0196. The van der Waals surface area contributed by atoms with Gasteiger partial charge in [0, 0.05) is 31.9 Å². The summed E-state index contributed by atoms with van der Waals surface area (Å²) in [4.78, 5) is 13.0. The Balaban J connectivity index is 1.51. The molecule has 196 valence electrons. The highest BCUT2D eigenvalue weighted by molar-refractivity contribution is 7.89. The van der Waals surface area contributed by atoms with E-state index in [4.69, 9.17) is 4.74 Å². The van der Waals surface area contributed by atoms with Crippen molar-refractivity contribution in [1.29, 1.82) is 0 Å². The number of rotatable bonds is 7. The predicted octanol–water partition coefficient (Wildman–Crippen LogP) is 3.05. The van der Waals surface area contributed by atoms with Crippen molar-refractivity contribution in [3.8, 4) is 5.75 Å². The summed E-state index contributed by atoms with van der Waals surface area (Å²) in [7, 11) is -6.30. The quantitative estimate of drug-likeness (QED) is 0.579. The summed E-state index contributed by atoms with van der Waals surface area (Å²) >= 11 is 0. The molecule has 9 nitrogen and oxygen atoms in total. The minimum atomic E-state index is -3.88. The van der Waals surface area contributed by atoms with Crippen molar-refractivity contribution in [1.82, 2.24) is 8.61 Å². The number of piperidine rings is 2. The Kier molecular flexibility index (Phi) is 7.98. The molecule has 1 N–H and O–H groups in total. The van der Waals surface area contributed by atoms with Crippen LogP contribution in [0.15, 0.2) is 52.3 Å². The van der Waals surface area contributed by atoms with Crippen LogP contribution < -0.4 is 10.1 Å². The predicted molar refractivity (Wildman–Crippen MR) is 132 cm³/mol. The molecule has 0 aliphatic carbocycles. The smallest absolute Gasteiger partial charge is 0.246 e. The number of anilines is 1. The second kappa shape index (κ2) is 10.8. The maximum Gasteiger partial charge on any atom is 0.246 e. The molecule has 12 heteroatoms. The number of nitrogens with one attached hydrogen (secondary N) is 1. The van der Waals surface area contributed by atoms with E-state index in [1.54, 1.807) is 6.07 Å². The third-order valence-electron chi connectivity index (χ3n) is 6.57. The van der Waals surface area contributed by atoms with E-state index in [1.807, 2.05) is 0 Å². The number of hydrogen-bond donors (Lipinski definition) is 1. The zero-order valence-electron chi connectivity index (χ0n) is 20.0. The standard InChI is InChI=1S/C24H30FN3O6S2/c1-34-22-12-9-20(16-23(22)36(32,33)27-13-3-2-4-14-27)26-24(29)18-6-5-15-28(17-18)35(30,31)21-10-7-19(25)8-11-21/h7-12,16,18H,2-6,13-15,17H2,1H3,(H,26,29)/t18-/m0/s1. The maximum atomic E-state index is 13.3. The molecule has 0 aromatic heterocycles. The van der Waals surface area contributed by atoms with Crippen molar-refractivity contribution in [2.24, 2.45) is 5.92 Å². The van der Waals surface area contributed by atoms with E-state index < -0.39 is 37.7 Å². The van der Waals surface area contributed by atoms with Gasteiger partial charge >= 0.3 is 0 Å². The fourth-order valence-corrected chi connectivity index (χ4v) is 7.80. The molecule has 36 heavy (non-hydrogen) atoms. The molecule has 2 aromatic carbocycles. The summed E-state index contributed by atoms with van der Waals surface area (Å²) < 4.78 is 73.7. The summed E-state index contributed by atoms with van der Waals surface area (Å²) in [5.41, 5.74) is 0.287. The van der Waals surface area contributed by atoms with Crippen LogP contribution in [-0.2, 0) is 24.8 Å². The largest absolute Gasteiger partial charge is 0.495 e. The van der Waals surface area contributed by atoms with Gasteiger partial charge < -0.3 is 10.1 Å². The van der Waals surface area contributed by atoms with Crippen LogP contribution in [0.3, 0.4) is 0 Å². The minimum Gasteiger partial charge on any atom is -0.495 e. The van der Waals surface area contributed by atoms with Crippen LogP contribution in [0.5, 0.6) is 5.75 Å². The molecule has 0 bridgehead atoms. The normalized spacial score (nSPS) is 20.1. The Morgan fingerprint density at radius 3 is 2.25 bits per heavy atom. The molecule has 2 aliphatic rings. The van der Waals surface area contributed by atoms with Crippen molar-refractivity contribution in [2.75, 3.05) is 38.6 Å². The van der Waals surface area contributed by atoms with E-state index in [2.05, 4.69) is 5.32 Å². The first-order valence-corrected chi connectivity index (χ1v) is 14.8. The molecule has 4 rings (SSSR count). The molecule has 2 fully saturated rings. The van der Waals surface area contributed by atoms with E-state index in [1.165, 1.54) is 40.0 Å². The van der Waals surface area contributed by atoms with Gasteiger partial charge in [0.25, 0.3) is 0 Å². The average Bonchev–Trinajstić information content (AvgIpc) is 2.89. The van der Waals surface area contributed by atoms with Gasteiger partial charge in [0.2, 0.25) is 26.0 Å². The number of benzene rings is 2. The van der Waals surface area contributed by atoms with Crippen LogP contribution in [-0.4, -0.2) is 64.6 Å². The number of methoxy groups -OCH3 is 1. The Morgan fingerprint density at radius 2 is 1.58 bits per heavy atom.